The molecule has 1 fully saturated rings. The molecule has 98 valence electrons. The summed E-state index contributed by atoms with van der Waals surface area (Å²) in [6.45, 7) is 6.33. The minimum Gasteiger partial charge on any atom is -0.337 e. The Hall–Kier alpha value is -1.42. The summed E-state index contributed by atoms with van der Waals surface area (Å²) in [5, 5.41) is 3.25. The van der Waals surface area contributed by atoms with Crippen molar-refractivity contribution in [3.05, 3.63) is 35.1 Å². The van der Waals surface area contributed by atoms with E-state index < -0.39 is 0 Å². The number of amides is 1. The van der Waals surface area contributed by atoms with Gasteiger partial charge < -0.3 is 10.2 Å². The van der Waals surface area contributed by atoms with Crippen LogP contribution in [0.25, 0.3) is 0 Å². The fourth-order valence-electron chi connectivity index (χ4n) is 2.31. The third kappa shape index (κ3) is 2.88. The van der Waals surface area contributed by atoms with Gasteiger partial charge in [-0.1, -0.05) is 6.07 Å². The summed E-state index contributed by atoms with van der Waals surface area (Å²) in [4.78, 5) is 14.1. The first-order valence-electron chi connectivity index (χ1n) is 6.33. The number of aryl methyl sites for hydroxylation is 1. The molecule has 1 aromatic carbocycles. The van der Waals surface area contributed by atoms with Gasteiger partial charge in [0, 0.05) is 25.7 Å². The standard InChI is InChI=1S/C14H19FN2O/c1-10-3-4-13(15)7-12(10)8-14(18)17-6-5-16-9-11(17)2/h3-4,7,11,16H,5-6,8-9H2,1-2H3. The molecule has 0 aliphatic carbocycles. The number of carbonyl (C=O) groups is 1. The van der Waals surface area contributed by atoms with E-state index in [1.54, 1.807) is 6.07 Å². The molecule has 1 atom stereocenters. The van der Waals surface area contributed by atoms with Gasteiger partial charge in [0.15, 0.2) is 0 Å². The van der Waals surface area contributed by atoms with Crippen LogP contribution in [0, 0.1) is 12.7 Å². The molecule has 0 radical (unpaired) electrons. The Kier molecular flexibility index (Phi) is 3.97. The van der Waals surface area contributed by atoms with Crippen molar-refractivity contribution in [2.75, 3.05) is 19.6 Å². The van der Waals surface area contributed by atoms with Crippen LogP contribution in [0.2, 0.25) is 0 Å². The molecule has 0 aromatic heterocycles. The molecule has 1 heterocycles. The predicted octanol–water partition coefficient (Wildman–Crippen LogP) is 1.50. The molecule has 1 aliphatic heterocycles. The molecule has 1 N–H and O–H groups in total. The molecule has 0 bridgehead atoms. The zero-order chi connectivity index (χ0) is 13.1. The molecule has 3 nitrogen and oxygen atoms in total. The molecule has 1 aliphatic rings. The van der Waals surface area contributed by atoms with Crippen molar-refractivity contribution < 1.29 is 9.18 Å². The van der Waals surface area contributed by atoms with Crippen molar-refractivity contribution in [3.63, 3.8) is 0 Å². The second-order valence-electron chi connectivity index (χ2n) is 4.89. The largest absolute Gasteiger partial charge is 0.337 e. The van der Waals surface area contributed by atoms with Crippen LogP contribution in [0.5, 0.6) is 0 Å². The van der Waals surface area contributed by atoms with E-state index in [4.69, 9.17) is 0 Å². The SMILES string of the molecule is Cc1ccc(F)cc1CC(=O)N1CCNCC1C. The Morgan fingerprint density at radius 3 is 3.06 bits per heavy atom. The number of carbonyl (C=O) groups excluding carboxylic acids is 1. The van der Waals surface area contributed by atoms with E-state index in [-0.39, 0.29) is 24.2 Å². The number of hydrogen-bond acceptors (Lipinski definition) is 2. The molecule has 1 saturated heterocycles. The molecule has 0 spiro atoms. The molecule has 18 heavy (non-hydrogen) atoms. The lowest BCUT2D eigenvalue weighted by atomic mass is 10.0. The van der Waals surface area contributed by atoms with Gasteiger partial charge in [-0.05, 0) is 37.1 Å². The van der Waals surface area contributed by atoms with Crippen LogP contribution in [-0.4, -0.2) is 36.5 Å². The van der Waals surface area contributed by atoms with E-state index in [1.807, 2.05) is 18.7 Å². The lowest BCUT2D eigenvalue weighted by molar-refractivity contribution is -0.133. The number of halogens is 1. The molecule has 2 rings (SSSR count). The number of nitrogens with zero attached hydrogens (tertiary/aromatic N) is 1. The number of nitrogens with one attached hydrogen (secondary N) is 1. The molecule has 1 unspecified atom stereocenters. The quantitative estimate of drug-likeness (QED) is 0.862. The van der Waals surface area contributed by atoms with E-state index >= 15 is 0 Å². The smallest absolute Gasteiger partial charge is 0.227 e. The molecular weight excluding hydrogens is 231 g/mol. The summed E-state index contributed by atoms with van der Waals surface area (Å²) >= 11 is 0. The third-order valence-electron chi connectivity index (χ3n) is 3.47. The maximum Gasteiger partial charge on any atom is 0.227 e. The highest BCUT2D eigenvalue weighted by molar-refractivity contribution is 5.79. The summed E-state index contributed by atoms with van der Waals surface area (Å²) < 4.78 is 13.2. The molecule has 1 amide bonds. The molecular formula is C14H19FN2O. The summed E-state index contributed by atoms with van der Waals surface area (Å²) in [7, 11) is 0. The maximum atomic E-state index is 13.2. The topological polar surface area (TPSA) is 32.3 Å². The van der Waals surface area contributed by atoms with Crippen molar-refractivity contribution in [1.82, 2.24) is 10.2 Å². The fraction of sp³-hybridized carbons (Fsp3) is 0.500. The second-order valence-corrected chi connectivity index (χ2v) is 4.89. The average molecular weight is 250 g/mol. The maximum absolute atomic E-state index is 13.2. The Morgan fingerprint density at radius 1 is 1.56 bits per heavy atom. The van der Waals surface area contributed by atoms with Crippen molar-refractivity contribution in [2.45, 2.75) is 26.3 Å². The van der Waals surface area contributed by atoms with Crippen LogP contribution >= 0.6 is 0 Å². The van der Waals surface area contributed by atoms with E-state index in [0.29, 0.717) is 0 Å². The van der Waals surface area contributed by atoms with Crippen molar-refractivity contribution in [1.29, 1.82) is 0 Å². The van der Waals surface area contributed by atoms with E-state index in [2.05, 4.69) is 5.32 Å². The lowest BCUT2D eigenvalue weighted by Gasteiger charge is -2.34. The Morgan fingerprint density at radius 2 is 2.33 bits per heavy atom. The van der Waals surface area contributed by atoms with Gasteiger partial charge in [-0.3, -0.25) is 4.79 Å². The highest BCUT2D eigenvalue weighted by Crippen LogP contribution is 2.13. The molecule has 1 aromatic rings. The highest BCUT2D eigenvalue weighted by Gasteiger charge is 2.23. The van der Waals surface area contributed by atoms with E-state index in [0.717, 1.165) is 30.8 Å². The number of piperazine rings is 1. The van der Waals surface area contributed by atoms with Crippen molar-refractivity contribution in [3.8, 4) is 0 Å². The van der Waals surface area contributed by atoms with Gasteiger partial charge in [-0.25, -0.2) is 4.39 Å². The Balaban J connectivity index is 2.08. The predicted molar refractivity (Wildman–Crippen MR) is 68.9 cm³/mol. The highest BCUT2D eigenvalue weighted by atomic mass is 19.1. The van der Waals surface area contributed by atoms with Gasteiger partial charge in [0.05, 0.1) is 6.42 Å². The molecule has 4 heteroatoms. The van der Waals surface area contributed by atoms with Crippen LogP contribution < -0.4 is 5.32 Å². The Bertz CT molecular complexity index is 447. The van der Waals surface area contributed by atoms with Gasteiger partial charge in [0.1, 0.15) is 5.82 Å². The van der Waals surface area contributed by atoms with E-state index in [9.17, 15) is 9.18 Å². The first-order valence-corrected chi connectivity index (χ1v) is 6.33. The monoisotopic (exact) mass is 250 g/mol. The van der Waals surface area contributed by atoms with Crippen LogP contribution in [0.3, 0.4) is 0 Å². The third-order valence-corrected chi connectivity index (χ3v) is 3.47. The van der Waals surface area contributed by atoms with E-state index in [1.165, 1.54) is 12.1 Å². The second kappa shape index (κ2) is 5.48. The summed E-state index contributed by atoms with van der Waals surface area (Å²) in [5.41, 5.74) is 1.75. The zero-order valence-electron chi connectivity index (χ0n) is 10.9. The van der Waals surface area contributed by atoms with Gasteiger partial charge in [-0.2, -0.15) is 0 Å². The van der Waals surface area contributed by atoms with Gasteiger partial charge >= 0.3 is 0 Å². The van der Waals surface area contributed by atoms with Crippen LogP contribution in [0.4, 0.5) is 4.39 Å². The van der Waals surface area contributed by atoms with Gasteiger partial charge in [0.2, 0.25) is 5.91 Å². The first kappa shape index (κ1) is 13.0. The first-order chi connectivity index (χ1) is 8.58. The minimum absolute atomic E-state index is 0.0812. The summed E-state index contributed by atoms with van der Waals surface area (Å²) in [6.07, 6.45) is 0.286. The van der Waals surface area contributed by atoms with Crippen molar-refractivity contribution >= 4 is 5.91 Å². The number of benzene rings is 1. The lowest BCUT2D eigenvalue weighted by Crippen LogP contribution is -2.52. The fourth-order valence-corrected chi connectivity index (χ4v) is 2.31. The van der Waals surface area contributed by atoms with Crippen LogP contribution in [0.15, 0.2) is 18.2 Å². The number of rotatable bonds is 2. The van der Waals surface area contributed by atoms with Crippen molar-refractivity contribution in [2.24, 2.45) is 0 Å². The zero-order valence-corrected chi connectivity index (χ0v) is 10.9. The minimum atomic E-state index is -0.281. The summed E-state index contributed by atoms with van der Waals surface area (Å²) in [5.74, 6) is -0.200. The summed E-state index contributed by atoms with van der Waals surface area (Å²) in [6, 6.07) is 4.82. The van der Waals surface area contributed by atoms with Gasteiger partial charge in [-0.15, -0.1) is 0 Å². The normalized spacial score (nSPS) is 19.9. The van der Waals surface area contributed by atoms with Crippen LogP contribution in [0.1, 0.15) is 18.1 Å². The average Bonchev–Trinajstić information content (AvgIpc) is 2.34. The molecule has 0 saturated carbocycles. The number of hydrogen-bond donors (Lipinski definition) is 1. The van der Waals surface area contributed by atoms with Crippen LogP contribution in [-0.2, 0) is 11.2 Å². The van der Waals surface area contributed by atoms with Gasteiger partial charge in [0.25, 0.3) is 0 Å². The Labute approximate surface area is 107 Å².